The Morgan fingerprint density at radius 1 is 1.23 bits per heavy atom. The molecule has 1 aromatic carbocycles. The lowest BCUT2D eigenvalue weighted by Crippen LogP contribution is -2.44. The summed E-state index contributed by atoms with van der Waals surface area (Å²) in [6.07, 6.45) is 2.93. The van der Waals surface area contributed by atoms with Crippen LogP contribution in [0.3, 0.4) is 0 Å². The highest BCUT2D eigenvalue weighted by Crippen LogP contribution is 2.17. The summed E-state index contributed by atoms with van der Waals surface area (Å²) >= 11 is 0. The van der Waals surface area contributed by atoms with Crippen LogP contribution >= 0.6 is 0 Å². The van der Waals surface area contributed by atoms with Crippen molar-refractivity contribution >= 4 is 29.6 Å². The van der Waals surface area contributed by atoms with E-state index in [-0.39, 0.29) is 31.0 Å². The third kappa shape index (κ3) is 7.02. The lowest BCUT2D eigenvalue weighted by atomic mass is 9.92. The predicted octanol–water partition coefficient (Wildman–Crippen LogP) is 2.75. The molecule has 8 nitrogen and oxygen atoms in total. The largest absolute Gasteiger partial charge is 0.504 e. The number of hydrogen-bond acceptors (Lipinski definition) is 6. The van der Waals surface area contributed by atoms with E-state index in [0.717, 1.165) is 0 Å². The van der Waals surface area contributed by atoms with Crippen molar-refractivity contribution in [3.8, 4) is 0 Å². The number of ketones is 2. The Kier molecular flexibility index (Phi) is 7.74. The van der Waals surface area contributed by atoms with Gasteiger partial charge in [0.2, 0.25) is 0 Å². The van der Waals surface area contributed by atoms with Gasteiger partial charge in [-0.15, -0.1) is 0 Å². The Labute approximate surface area is 176 Å². The van der Waals surface area contributed by atoms with Gasteiger partial charge in [-0.3, -0.25) is 14.4 Å². The Bertz CT molecular complexity index is 854. The molecule has 2 rings (SSSR count). The first-order valence-corrected chi connectivity index (χ1v) is 9.73. The van der Waals surface area contributed by atoms with E-state index in [2.05, 4.69) is 10.6 Å². The van der Waals surface area contributed by atoms with Crippen molar-refractivity contribution in [2.24, 2.45) is 0 Å². The molecule has 8 heteroatoms. The second-order valence-corrected chi connectivity index (χ2v) is 8.06. The molecule has 0 bridgehead atoms. The van der Waals surface area contributed by atoms with Crippen molar-refractivity contribution in [1.82, 2.24) is 10.6 Å². The topological polar surface area (TPSA) is 111 Å². The Hall–Kier alpha value is -3.16. The number of ether oxygens (including phenoxy) is 2. The molecule has 0 spiro atoms. The molecule has 1 atom stereocenters. The van der Waals surface area contributed by atoms with Gasteiger partial charge in [0.1, 0.15) is 11.4 Å². The molecule has 1 saturated carbocycles. The number of carbonyl (C=O) groups excluding carboxylic acids is 4. The van der Waals surface area contributed by atoms with E-state index >= 15 is 0 Å². The zero-order valence-electron chi connectivity index (χ0n) is 17.7. The second kappa shape index (κ2) is 10.0. The molecular weight excluding hydrogens is 388 g/mol. The minimum absolute atomic E-state index is 0.107. The fourth-order valence-electron chi connectivity index (χ4n) is 2.95. The highest BCUT2D eigenvalue weighted by molar-refractivity contribution is 6.07. The number of Topliss-reactive ketones (excluding diaryl/α,β-unsaturated/α-hetero) is 2. The van der Waals surface area contributed by atoms with E-state index in [0.29, 0.717) is 23.1 Å². The van der Waals surface area contributed by atoms with Crippen molar-refractivity contribution in [1.29, 1.82) is 0 Å². The third-order valence-electron chi connectivity index (χ3n) is 4.36. The summed E-state index contributed by atoms with van der Waals surface area (Å²) in [5.74, 6) is -0.821. The van der Waals surface area contributed by atoms with Crippen LogP contribution in [0.1, 0.15) is 61.5 Å². The van der Waals surface area contributed by atoms with E-state index in [4.69, 9.17) is 9.47 Å². The van der Waals surface area contributed by atoms with Crippen LogP contribution in [0.5, 0.6) is 0 Å². The highest BCUT2D eigenvalue weighted by Gasteiger charge is 2.29. The van der Waals surface area contributed by atoms with Gasteiger partial charge in [0.05, 0.1) is 25.8 Å². The van der Waals surface area contributed by atoms with Crippen LogP contribution in [-0.2, 0) is 25.6 Å². The first kappa shape index (κ1) is 23.1. The molecule has 1 fully saturated rings. The number of hydrogen-bond donors (Lipinski definition) is 2. The number of rotatable bonds is 6. The smallest absolute Gasteiger partial charge is 0.407 e. The molecular formula is C22H28N2O6. The third-order valence-corrected chi connectivity index (χ3v) is 4.36. The van der Waals surface area contributed by atoms with Crippen molar-refractivity contribution in [2.75, 3.05) is 7.11 Å². The number of methoxy groups -OCH3 is 1. The molecule has 1 aromatic rings. The van der Waals surface area contributed by atoms with Gasteiger partial charge >= 0.3 is 6.09 Å². The van der Waals surface area contributed by atoms with E-state index in [1.54, 1.807) is 45.0 Å². The molecule has 1 unspecified atom stereocenters. The zero-order valence-corrected chi connectivity index (χ0v) is 17.7. The summed E-state index contributed by atoms with van der Waals surface area (Å²) in [6, 6.07) is 4.45. The highest BCUT2D eigenvalue weighted by atomic mass is 16.6. The van der Waals surface area contributed by atoms with E-state index in [1.807, 2.05) is 0 Å². The van der Waals surface area contributed by atoms with Gasteiger partial charge in [0, 0.05) is 18.5 Å². The Morgan fingerprint density at radius 3 is 2.60 bits per heavy atom. The second-order valence-electron chi connectivity index (χ2n) is 8.06. The van der Waals surface area contributed by atoms with E-state index in [1.165, 1.54) is 13.4 Å². The maximum atomic E-state index is 12.9. The van der Waals surface area contributed by atoms with Gasteiger partial charge in [-0.1, -0.05) is 12.1 Å². The first-order valence-electron chi connectivity index (χ1n) is 9.73. The standard InChI is InChI=1S/C22H28N2O6/c1-22(2,3)30-21(28)23-13-14-5-6-15(9-10-29-4)17(11-14)20(27)24-18-8-7-16(25)12-19(18)26/h5-6,9-11,18H,7-8,12-13H2,1-4H3,(H,23,28)(H,24,27)/b10-9+. The van der Waals surface area contributed by atoms with Gasteiger partial charge in [0.25, 0.3) is 5.91 Å². The SMILES string of the molecule is CO/C=C/c1ccc(CNC(=O)OC(C)(C)C)cc1C(=O)NC1CCC(=O)CC1=O. The van der Waals surface area contributed by atoms with E-state index in [9.17, 15) is 19.2 Å². The summed E-state index contributed by atoms with van der Waals surface area (Å²) in [7, 11) is 1.49. The van der Waals surface area contributed by atoms with Crippen LogP contribution in [0.25, 0.3) is 6.08 Å². The summed E-state index contributed by atoms with van der Waals surface area (Å²) in [5, 5.41) is 5.37. The molecule has 0 aromatic heterocycles. The molecule has 0 radical (unpaired) electrons. The van der Waals surface area contributed by atoms with Crippen molar-refractivity contribution in [2.45, 2.75) is 58.2 Å². The van der Waals surface area contributed by atoms with Gasteiger partial charge < -0.3 is 20.1 Å². The van der Waals surface area contributed by atoms with Gasteiger partial charge in [0.15, 0.2) is 5.78 Å². The van der Waals surface area contributed by atoms with Crippen LogP contribution in [0.15, 0.2) is 24.5 Å². The summed E-state index contributed by atoms with van der Waals surface area (Å²) in [6.45, 7) is 5.48. The van der Waals surface area contributed by atoms with E-state index < -0.39 is 23.6 Å². The van der Waals surface area contributed by atoms with Crippen LogP contribution < -0.4 is 10.6 Å². The average molecular weight is 416 g/mol. The Balaban J connectivity index is 2.16. The molecule has 162 valence electrons. The number of amides is 2. The summed E-state index contributed by atoms with van der Waals surface area (Å²) in [5.41, 5.74) is 0.995. The van der Waals surface area contributed by atoms with Gasteiger partial charge in [-0.2, -0.15) is 0 Å². The van der Waals surface area contributed by atoms with Crippen LogP contribution in [0.4, 0.5) is 4.79 Å². The van der Waals surface area contributed by atoms with Crippen molar-refractivity contribution in [3.05, 3.63) is 41.2 Å². The molecule has 0 saturated heterocycles. The summed E-state index contributed by atoms with van der Waals surface area (Å²) < 4.78 is 10.2. The average Bonchev–Trinajstić information content (AvgIpc) is 2.65. The van der Waals surface area contributed by atoms with Crippen LogP contribution in [0, 0.1) is 0 Å². The maximum absolute atomic E-state index is 12.9. The number of alkyl carbamates (subject to hydrolysis) is 1. The maximum Gasteiger partial charge on any atom is 0.407 e. The molecule has 2 amide bonds. The summed E-state index contributed by atoms with van der Waals surface area (Å²) in [4.78, 5) is 48.2. The molecule has 1 aliphatic carbocycles. The number of nitrogens with one attached hydrogen (secondary N) is 2. The van der Waals surface area contributed by atoms with Crippen LogP contribution in [-0.4, -0.2) is 42.3 Å². The van der Waals surface area contributed by atoms with Crippen LogP contribution in [0.2, 0.25) is 0 Å². The fraction of sp³-hybridized carbons (Fsp3) is 0.455. The molecule has 2 N–H and O–H groups in total. The molecule has 0 aliphatic heterocycles. The molecule has 30 heavy (non-hydrogen) atoms. The first-order chi connectivity index (χ1) is 14.1. The fourth-order valence-corrected chi connectivity index (χ4v) is 2.95. The van der Waals surface area contributed by atoms with Crippen molar-refractivity contribution in [3.63, 3.8) is 0 Å². The van der Waals surface area contributed by atoms with Crippen molar-refractivity contribution < 1.29 is 28.7 Å². The zero-order chi connectivity index (χ0) is 22.3. The lowest BCUT2D eigenvalue weighted by Gasteiger charge is -2.22. The van der Waals surface area contributed by atoms with Gasteiger partial charge in [-0.05, 0) is 50.5 Å². The van der Waals surface area contributed by atoms with Gasteiger partial charge in [-0.25, -0.2) is 4.79 Å². The Morgan fingerprint density at radius 2 is 1.97 bits per heavy atom. The minimum Gasteiger partial charge on any atom is -0.504 e. The monoisotopic (exact) mass is 416 g/mol. The number of benzene rings is 1. The minimum atomic E-state index is -0.682. The molecule has 0 heterocycles. The lowest BCUT2D eigenvalue weighted by molar-refractivity contribution is -0.131. The number of carbonyl (C=O) groups is 4. The molecule has 1 aliphatic rings. The quantitative estimate of drug-likeness (QED) is 0.545. The normalized spacial score (nSPS) is 17.0. The predicted molar refractivity (Wildman–Crippen MR) is 111 cm³/mol.